The molecule has 1 aliphatic carbocycles. The standard InChI is InChI=1S/C15H29N3O2.HI/c1-4-12(2)18-15(16-3)17-11-7-10-14(19)20-13-8-5-6-9-13;/h12-13H,4-11H2,1-3H3,(H2,16,17,18);1H. The molecule has 0 bridgehead atoms. The molecule has 0 heterocycles. The lowest BCUT2D eigenvalue weighted by atomic mass is 10.2. The number of carbonyl (C=O) groups is 1. The lowest BCUT2D eigenvalue weighted by Crippen LogP contribution is -2.42. The number of nitrogens with one attached hydrogen (secondary N) is 2. The first kappa shape index (κ1) is 20.5. The highest BCUT2D eigenvalue weighted by molar-refractivity contribution is 14.0. The van der Waals surface area contributed by atoms with Crippen molar-refractivity contribution in [2.75, 3.05) is 13.6 Å². The van der Waals surface area contributed by atoms with Crippen LogP contribution in [-0.2, 0) is 9.53 Å². The number of esters is 1. The van der Waals surface area contributed by atoms with Gasteiger partial charge in [-0.3, -0.25) is 9.79 Å². The summed E-state index contributed by atoms with van der Waals surface area (Å²) in [6.45, 7) is 4.98. The van der Waals surface area contributed by atoms with Crippen LogP contribution in [0.3, 0.4) is 0 Å². The normalized spacial score (nSPS) is 17.0. The van der Waals surface area contributed by atoms with E-state index in [2.05, 4.69) is 29.5 Å². The largest absolute Gasteiger partial charge is 0.462 e. The quantitative estimate of drug-likeness (QED) is 0.222. The van der Waals surface area contributed by atoms with Crippen LogP contribution in [0, 0.1) is 0 Å². The summed E-state index contributed by atoms with van der Waals surface area (Å²) < 4.78 is 5.41. The van der Waals surface area contributed by atoms with Crippen molar-refractivity contribution in [1.82, 2.24) is 10.6 Å². The minimum absolute atomic E-state index is 0. The fourth-order valence-corrected chi connectivity index (χ4v) is 2.22. The van der Waals surface area contributed by atoms with Crippen molar-refractivity contribution in [1.29, 1.82) is 0 Å². The number of ether oxygens (including phenoxy) is 1. The van der Waals surface area contributed by atoms with Gasteiger partial charge >= 0.3 is 5.97 Å². The van der Waals surface area contributed by atoms with E-state index in [1.54, 1.807) is 7.05 Å². The summed E-state index contributed by atoms with van der Waals surface area (Å²) >= 11 is 0. The molecule has 6 heteroatoms. The van der Waals surface area contributed by atoms with Crippen LogP contribution in [-0.4, -0.2) is 37.7 Å². The molecule has 1 saturated carbocycles. The monoisotopic (exact) mass is 411 g/mol. The van der Waals surface area contributed by atoms with Gasteiger partial charge in [-0.05, 0) is 45.4 Å². The number of carbonyl (C=O) groups excluding carboxylic acids is 1. The van der Waals surface area contributed by atoms with Crippen LogP contribution >= 0.6 is 24.0 Å². The first-order valence-electron chi connectivity index (χ1n) is 7.82. The van der Waals surface area contributed by atoms with E-state index in [0.29, 0.717) is 12.5 Å². The minimum atomic E-state index is -0.0661. The Labute approximate surface area is 145 Å². The molecule has 1 fully saturated rings. The predicted octanol–water partition coefficient (Wildman–Crippen LogP) is 2.83. The molecule has 0 saturated heterocycles. The number of rotatable bonds is 7. The Bertz CT molecular complexity index is 318. The van der Waals surface area contributed by atoms with E-state index in [1.807, 2.05) is 0 Å². The molecule has 0 aliphatic heterocycles. The molecule has 0 spiro atoms. The van der Waals surface area contributed by atoms with Crippen molar-refractivity contribution in [3.8, 4) is 0 Å². The van der Waals surface area contributed by atoms with Crippen LogP contribution in [0.15, 0.2) is 4.99 Å². The maximum absolute atomic E-state index is 11.6. The van der Waals surface area contributed by atoms with Gasteiger partial charge in [-0.25, -0.2) is 0 Å². The first-order chi connectivity index (χ1) is 9.65. The molecule has 0 aromatic rings. The van der Waals surface area contributed by atoms with E-state index in [1.165, 1.54) is 12.8 Å². The van der Waals surface area contributed by atoms with Crippen LogP contribution in [0.2, 0.25) is 0 Å². The first-order valence-corrected chi connectivity index (χ1v) is 7.82. The van der Waals surface area contributed by atoms with E-state index >= 15 is 0 Å². The zero-order chi connectivity index (χ0) is 14.8. The number of nitrogens with zero attached hydrogens (tertiary/aromatic N) is 1. The van der Waals surface area contributed by atoms with Crippen molar-refractivity contribution in [3.05, 3.63) is 0 Å². The summed E-state index contributed by atoms with van der Waals surface area (Å²) in [4.78, 5) is 15.8. The highest BCUT2D eigenvalue weighted by Gasteiger charge is 2.18. The molecule has 0 amide bonds. The van der Waals surface area contributed by atoms with Crippen molar-refractivity contribution in [3.63, 3.8) is 0 Å². The number of halogens is 1. The van der Waals surface area contributed by atoms with E-state index in [9.17, 15) is 4.79 Å². The fraction of sp³-hybridized carbons (Fsp3) is 0.867. The Balaban J connectivity index is 0.00000400. The van der Waals surface area contributed by atoms with Crippen molar-refractivity contribution in [2.45, 2.75) is 70.9 Å². The summed E-state index contributed by atoms with van der Waals surface area (Å²) in [6, 6.07) is 0.397. The van der Waals surface area contributed by atoms with Gasteiger partial charge in [-0.2, -0.15) is 0 Å². The Morgan fingerprint density at radius 1 is 1.38 bits per heavy atom. The summed E-state index contributed by atoms with van der Waals surface area (Å²) in [7, 11) is 1.76. The molecule has 1 aliphatic rings. The van der Waals surface area contributed by atoms with E-state index in [0.717, 1.165) is 38.2 Å². The van der Waals surface area contributed by atoms with Gasteiger partial charge in [0.25, 0.3) is 0 Å². The zero-order valence-corrected chi connectivity index (χ0v) is 15.8. The van der Waals surface area contributed by atoms with Crippen molar-refractivity contribution < 1.29 is 9.53 Å². The molecule has 124 valence electrons. The second kappa shape index (κ2) is 12.1. The third-order valence-electron chi connectivity index (χ3n) is 3.67. The molecular formula is C15H30IN3O2. The Morgan fingerprint density at radius 3 is 2.62 bits per heavy atom. The fourth-order valence-electron chi connectivity index (χ4n) is 2.22. The second-order valence-electron chi connectivity index (χ2n) is 5.45. The van der Waals surface area contributed by atoms with Gasteiger partial charge in [-0.1, -0.05) is 6.92 Å². The average Bonchev–Trinajstić information content (AvgIpc) is 2.94. The van der Waals surface area contributed by atoms with E-state index in [4.69, 9.17) is 4.74 Å². The summed E-state index contributed by atoms with van der Waals surface area (Å²) in [6.07, 6.45) is 6.93. The molecule has 2 N–H and O–H groups in total. The van der Waals surface area contributed by atoms with Gasteiger partial charge in [0.05, 0.1) is 0 Å². The van der Waals surface area contributed by atoms with Gasteiger partial charge in [0.1, 0.15) is 6.10 Å². The van der Waals surface area contributed by atoms with Gasteiger partial charge < -0.3 is 15.4 Å². The van der Waals surface area contributed by atoms with Crippen molar-refractivity contribution in [2.24, 2.45) is 4.99 Å². The van der Waals surface area contributed by atoms with E-state index in [-0.39, 0.29) is 36.0 Å². The van der Waals surface area contributed by atoms with Crippen molar-refractivity contribution >= 4 is 35.9 Å². The highest BCUT2D eigenvalue weighted by Crippen LogP contribution is 2.21. The number of aliphatic imine (C=N–C) groups is 1. The number of hydrogen-bond acceptors (Lipinski definition) is 3. The molecule has 0 radical (unpaired) electrons. The minimum Gasteiger partial charge on any atom is -0.462 e. The molecule has 0 aromatic heterocycles. The summed E-state index contributed by atoms with van der Waals surface area (Å²) in [5, 5.41) is 6.50. The van der Waals surface area contributed by atoms with Gasteiger partial charge in [0.2, 0.25) is 0 Å². The topological polar surface area (TPSA) is 62.7 Å². The summed E-state index contributed by atoms with van der Waals surface area (Å²) in [5.41, 5.74) is 0. The van der Waals surface area contributed by atoms with Gasteiger partial charge in [0.15, 0.2) is 5.96 Å². The smallest absolute Gasteiger partial charge is 0.306 e. The van der Waals surface area contributed by atoms with Crippen LogP contribution in [0.4, 0.5) is 0 Å². The third-order valence-corrected chi connectivity index (χ3v) is 3.67. The predicted molar refractivity (Wildman–Crippen MR) is 97.2 cm³/mol. The number of guanidine groups is 1. The molecule has 21 heavy (non-hydrogen) atoms. The molecule has 5 nitrogen and oxygen atoms in total. The average molecular weight is 411 g/mol. The molecule has 0 aromatic carbocycles. The lowest BCUT2D eigenvalue weighted by Gasteiger charge is -2.16. The zero-order valence-electron chi connectivity index (χ0n) is 13.5. The molecule has 1 atom stereocenters. The molecule has 1 unspecified atom stereocenters. The SMILES string of the molecule is CCC(C)NC(=NC)NCCCC(=O)OC1CCCC1.I. The molecular weight excluding hydrogens is 381 g/mol. The Kier molecular flexibility index (Phi) is 11.8. The van der Waals surface area contributed by atoms with Crippen LogP contribution < -0.4 is 10.6 Å². The third kappa shape index (κ3) is 9.16. The Hall–Kier alpha value is -0.530. The van der Waals surface area contributed by atoms with Gasteiger partial charge in [-0.15, -0.1) is 24.0 Å². The van der Waals surface area contributed by atoms with E-state index < -0.39 is 0 Å². The molecule has 1 rings (SSSR count). The Morgan fingerprint density at radius 2 is 2.05 bits per heavy atom. The lowest BCUT2D eigenvalue weighted by molar-refractivity contribution is -0.148. The van der Waals surface area contributed by atoms with Crippen LogP contribution in [0.25, 0.3) is 0 Å². The highest BCUT2D eigenvalue weighted by atomic mass is 127. The maximum Gasteiger partial charge on any atom is 0.306 e. The number of hydrogen-bond donors (Lipinski definition) is 2. The second-order valence-corrected chi connectivity index (χ2v) is 5.45. The summed E-state index contributed by atoms with van der Waals surface area (Å²) in [5.74, 6) is 0.729. The van der Waals surface area contributed by atoms with Gasteiger partial charge in [0, 0.05) is 26.1 Å². The van der Waals surface area contributed by atoms with Crippen LogP contribution in [0.5, 0.6) is 0 Å². The maximum atomic E-state index is 11.6. The van der Waals surface area contributed by atoms with Crippen LogP contribution in [0.1, 0.15) is 58.8 Å².